The van der Waals surface area contributed by atoms with E-state index in [1.807, 2.05) is 18.2 Å². The third kappa shape index (κ3) is 3.86. The normalized spacial score (nSPS) is 22.6. The van der Waals surface area contributed by atoms with Crippen LogP contribution >= 0.6 is 0 Å². The van der Waals surface area contributed by atoms with E-state index >= 15 is 0 Å². The fourth-order valence-electron chi connectivity index (χ4n) is 2.08. The largest absolute Gasteiger partial charge is 0.497 e. The zero-order chi connectivity index (χ0) is 13.7. The number of benzene rings is 1. The van der Waals surface area contributed by atoms with Crippen molar-refractivity contribution in [3.63, 3.8) is 0 Å². The number of ether oxygens (including phenoxy) is 3. The van der Waals surface area contributed by atoms with Gasteiger partial charge in [-0.2, -0.15) is 0 Å². The smallest absolute Gasteiger partial charge is 0.220 e. The summed E-state index contributed by atoms with van der Waals surface area (Å²) in [5.41, 5.74) is 0. The third-order valence-corrected chi connectivity index (χ3v) is 2.95. The molecule has 1 amide bonds. The Balaban J connectivity index is 2.03. The second kappa shape index (κ2) is 6.43. The maximum Gasteiger partial charge on any atom is 0.220 e. The first-order chi connectivity index (χ1) is 9.19. The van der Waals surface area contributed by atoms with Crippen molar-refractivity contribution >= 4 is 5.91 Å². The van der Waals surface area contributed by atoms with Gasteiger partial charge in [0.15, 0.2) is 0 Å². The molecule has 1 aliphatic heterocycles. The molecule has 0 bridgehead atoms. The monoisotopic (exact) mass is 265 g/mol. The highest BCUT2D eigenvalue weighted by Gasteiger charge is 2.28. The zero-order valence-electron chi connectivity index (χ0n) is 11.2. The molecule has 0 aliphatic carbocycles. The van der Waals surface area contributed by atoms with Crippen LogP contribution in [-0.4, -0.2) is 32.0 Å². The molecule has 5 heteroatoms. The first-order valence-corrected chi connectivity index (χ1v) is 6.38. The lowest BCUT2D eigenvalue weighted by Gasteiger charge is -2.32. The molecule has 2 unspecified atom stereocenters. The van der Waals surface area contributed by atoms with E-state index in [-0.39, 0.29) is 11.9 Å². The molecule has 5 nitrogen and oxygen atoms in total. The van der Waals surface area contributed by atoms with Gasteiger partial charge in [-0.15, -0.1) is 0 Å². The Morgan fingerprint density at radius 1 is 1.42 bits per heavy atom. The van der Waals surface area contributed by atoms with E-state index in [0.717, 1.165) is 18.6 Å². The maximum absolute atomic E-state index is 11.2. The minimum absolute atomic E-state index is 0.0743. The average Bonchev–Trinajstić information content (AvgIpc) is 2.41. The highest BCUT2D eigenvalue weighted by atomic mass is 16.7. The van der Waals surface area contributed by atoms with Gasteiger partial charge in [0.25, 0.3) is 0 Å². The first-order valence-electron chi connectivity index (χ1n) is 6.38. The standard InChI is InChI=1S/C14H19NO4/c1-10(16)15-13-7-4-8-18-14(13)19-12-6-3-5-11(9-12)17-2/h3,5-6,9,13-14H,4,7-8H2,1-2H3,(H,15,16). The quantitative estimate of drug-likeness (QED) is 0.900. The Bertz CT molecular complexity index is 435. The summed E-state index contributed by atoms with van der Waals surface area (Å²) in [6, 6.07) is 7.22. The minimum Gasteiger partial charge on any atom is -0.497 e. The van der Waals surface area contributed by atoms with Crippen LogP contribution in [0.1, 0.15) is 19.8 Å². The Hall–Kier alpha value is -1.75. The Morgan fingerprint density at radius 2 is 2.21 bits per heavy atom. The number of rotatable bonds is 4. The average molecular weight is 265 g/mol. The van der Waals surface area contributed by atoms with E-state index in [1.165, 1.54) is 6.92 Å². The van der Waals surface area contributed by atoms with Gasteiger partial charge in [0.2, 0.25) is 12.2 Å². The summed E-state index contributed by atoms with van der Waals surface area (Å²) in [6.07, 6.45) is 1.32. The number of nitrogens with one attached hydrogen (secondary N) is 1. The molecular formula is C14H19NO4. The van der Waals surface area contributed by atoms with Crippen molar-refractivity contribution in [3.05, 3.63) is 24.3 Å². The summed E-state index contributed by atoms with van der Waals surface area (Å²) in [6.45, 7) is 2.14. The molecule has 1 aliphatic rings. The van der Waals surface area contributed by atoms with E-state index in [4.69, 9.17) is 14.2 Å². The van der Waals surface area contributed by atoms with Gasteiger partial charge in [-0.05, 0) is 25.0 Å². The van der Waals surface area contributed by atoms with Crippen LogP contribution in [-0.2, 0) is 9.53 Å². The summed E-state index contributed by atoms with van der Waals surface area (Å²) < 4.78 is 16.5. The second-order valence-corrected chi connectivity index (χ2v) is 4.49. The lowest BCUT2D eigenvalue weighted by Crippen LogP contribution is -2.49. The van der Waals surface area contributed by atoms with E-state index in [0.29, 0.717) is 12.4 Å². The van der Waals surface area contributed by atoms with Gasteiger partial charge in [-0.1, -0.05) is 6.07 Å². The highest BCUT2D eigenvalue weighted by molar-refractivity contribution is 5.73. The van der Waals surface area contributed by atoms with Gasteiger partial charge in [0.05, 0.1) is 19.8 Å². The number of carbonyl (C=O) groups is 1. The molecule has 0 spiro atoms. The van der Waals surface area contributed by atoms with E-state index in [1.54, 1.807) is 13.2 Å². The Kier molecular flexibility index (Phi) is 4.63. The Morgan fingerprint density at radius 3 is 2.95 bits per heavy atom. The number of hydrogen-bond acceptors (Lipinski definition) is 4. The van der Waals surface area contributed by atoms with Crippen molar-refractivity contribution in [2.45, 2.75) is 32.1 Å². The summed E-state index contributed by atoms with van der Waals surface area (Å²) in [4.78, 5) is 11.2. The van der Waals surface area contributed by atoms with E-state index in [9.17, 15) is 4.79 Å². The molecule has 2 rings (SSSR count). The van der Waals surface area contributed by atoms with Crippen molar-refractivity contribution in [3.8, 4) is 11.5 Å². The molecule has 1 aromatic carbocycles. The van der Waals surface area contributed by atoms with Crippen LogP contribution in [0.5, 0.6) is 11.5 Å². The van der Waals surface area contributed by atoms with Crippen LogP contribution in [0, 0.1) is 0 Å². The van der Waals surface area contributed by atoms with Crippen molar-refractivity contribution < 1.29 is 19.0 Å². The summed E-state index contributed by atoms with van der Waals surface area (Å²) >= 11 is 0. The SMILES string of the molecule is COc1cccc(OC2OCCCC2NC(C)=O)c1. The second-order valence-electron chi connectivity index (χ2n) is 4.49. The van der Waals surface area contributed by atoms with Gasteiger partial charge in [-0.25, -0.2) is 0 Å². The number of methoxy groups -OCH3 is 1. The predicted octanol–water partition coefficient (Wildman–Crippen LogP) is 1.72. The minimum atomic E-state index is -0.454. The van der Waals surface area contributed by atoms with Crippen molar-refractivity contribution in [2.24, 2.45) is 0 Å². The van der Waals surface area contributed by atoms with Gasteiger partial charge in [0, 0.05) is 13.0 Å². The number of hydrogen-bond donors (Lipinski definition) is 1. The lowest BCUT2D eigenvalue weighted by molar-refractivity contribution is -0.138. The molecular weight excluding hydrogens is 246 g/mol. The molecule has 2 atom stereocenters. The van der Waals surface area contributed by atoms with Crippen molar-refractivity contribution in [1.29, 1.82) is 0 Å². The van der Waals surface area contributed by atoms with Gasteiger partial charge >= 0.3 is 0 Å². The van der Waals surface area contributed by atoms with Gasteiger partial charge in [0.1, 0.15) is 11.5 Å². The third-order valence-electron chi connectivity index (χ3n) is 2.95. The Labute approximate surface area is 112 Å². The van der Waals surface area contributed by atoms with Crippen LogP contribution in [0.2, 0.25) is 0 Å². The molecule has 1 aromatic rings. The van der Waals surface area contributed by atoms with Crippen molar-refractivity contribution in [1.82, 2.24) is 5.32 Å². The van der Waals surface area contributed by atoms with Gasteiger partial charge < -0.3 is 19.5 Å². The van der Waals surface area contributed by atoms with Crippen LogP contribution in [0.15, 0.2) is 24.3 Å². The molecule has 0 saturated carbocycles. The summed E-state index contributed by atoms with van der Waals surface area (Å²) in [5, 5.41) is 2.86. The van der Waals surface area contributed by atoms with Crippen LogP contribution < -0.4 is 14.8 Å². The van der Waals surface area contributed by atoms with E-state index < -0.39 is 6.29 Å². The predicted molar refractivity (Wildman–Crippen MR) is 70.2 cm³/mol. The molecule has 1 fully saturated rings. The van der Waals surface area contributed by atoms with E-state index in [2.05, 4.69) is 5.32 Å². The van der Waals surface area contributed by atoms with Crippen molar-refractivity contribution in [2.75, 3.05) is 13.7 Å². The number of carbonyl (C=O) groups excluding carboxylic acids is 1. The molecule has 0 radical (unpaired) electrons. The zero-order valence-corrected chi connectivity index (χ0v) is 11.2. The molecule has 104 valence electrons. The molecule has 1 N–H and O–H groups in total. The molecule has 19 heavy (non-hydrogen) atoms. The van der Waals surface area contributed by atoms with Crippen LogP contribution in [0.3, 0.4) is 0 Å². The fraction of sp³-hybridized carbons (Fsp3) is 0.500. The van der Waals surface area contributed by atoms with Crippen LogP contribution in [0.4, 0.5) is 0 Å². The topological polar surface area (TPSA) is 56.8 Å². The lowest BCUT2D eigenvalue weighted by atomic mass is 10.1. The van der Waals surface area contributed by atoms with Crippen LogP contribution in [0.25, 0.3) is 0 Å². The molecule has 0 aromatic heterocycles. The highest BCUT2D eigenvalue weighted by Crippen LogP contribution is 2.23. The molecule has 1 heterocycles. The van der Waals surface area contributed by atoms with Gasteiger partial charge in [-0.3, -0.25) is 4.79 Å². The maximum atomic E-state index is 11.2. The number of amides is 1. The fourth-order valence-corrected chi connectivity index (χ4v) is 2.08. The molecule has 1 saturated heterocycles. The summed E-state index contributed by atoms with van der Waals surface area (Å²) in [7, 11) is 1.61. The first kappa shape index (κ1) is 13.7. The summed E-state index contributed by atoms with van der Waals surface area (Å²) in [5.74, 6) is 1.32.